The fourth-order valence-electron chi connectivity index (χ4n) is 1.40. The van der Waals surface area contributed by atoms with E-state index < -0.39 is 17.9 Å². The highest BCUT2D eigenvalue weighted by molar-refractivity contribution is 7.03. The molecule has 1 atom stereocenters. The first-order valence-corrected chi connectivity index (χ1v) is 5.88. The summed E-state index contributed by atoms with van der Waals surface area (Å²) in [5.41, 5.74) is 0.615. The highest BCUT2D eigenvalue weighted by Crippen LogP contribution is 2.13. The lowest BCUT2D eigenvalue weighted by molar-refractivity contribution is -0.139. The summed E-state index contributed by atoms with van der Waals surface area (Å²) in [6.07, 6.45) is 0. The van der Waals surface area contributed by atoms with Crippen LogP contribution in [0.2, 0.25) is 0 Å². The van der Waals surface area contributed by atoms with Crippen molar-refractivity contribution in [3.63, 3.8) is 0 Å². The van der Waals surface area contributed by atoms with E-state index in [4.69, 9.17) is 5.11 Å². The van der Waals surface area contributed by atoms with Crippen LogP contribution in [0.1, 0.15) is 22.1 Å². The number of carboxylic acid groups (broad SMARTS) is 1. The Kier molecular flexibility index (Phi) is 3.63. The van der Waals surface area contributed by atoms with E-state index in [1.165, 1.54) is 5.38 Å². The smallest absolute Gasteiger partial charge is 0.330 e. The molecule has 6 nitrogen and oxygen atoms in total. The minimum atomic E-state index is -1.13. The molecule has 7 heteroatoms. The largest absolute Gasteiger partial charge is 0.479 e. The molecule has 1 heterocycles. The van der Waals surface area contributed by atoms with Gasteiger partial charge in [0, 0.05) is 5.38 Å². The number of benzene rings is 1. The minimum Gasteiger partial charge on any atom is -0.479 e. The molecule has 1 amide bonds. The summed E-state index contributed by atoms with van der Waals surface area (Å²) in [4.78, 5) is 22.9. The van der Waals surface area contributed by atoms with Crippen molar-refractivity contribution in [1.29, 1.82) is 0 Å². The second kappa shape index (κ2) is 5.37. The van der Waals surface area contributed by atoms with Gasteiger partial charge in [-0.05, 0) is 17.1 Å². The molecule has 18 heavy (non-hydrogen) atoms. The van der Waals surface area contributed by atoms with Gasteiger partial charge < -0.3 is 10.4 Å². The summed E-state index contributed by atoms with van der Waals surface area (Å²) in [6, 6.07) is 7.37. The van der Waals surface area contributed by atoms with Crippen molar-refractivity contribution in [3.05, 3.63) is 47.0 Å². The lowest BCUT2D eigenvalue weighted by Crippen LogP contribution is -2.33. The average molecular weight is 263 g/mol. The van der Waals surface area contributed by atoms with Gasteiger partial charge in [0.1, 0.15) is 0 Å². The summed E-state index contributed by atoms with van der Waals surface area (Å²) >= 11 is 1.03. The number of amides is 1. The Balaban J connectivity index is 2.18. The van der Waals surface area contributed by atoms with Crippen LogP contribution in [0.25, 0.3) is 0 Å². The fraction of sp³-hybridized carbons (Fsp3) is 0.0909. The summed E-state index contributed by atoms with van der Waals surface area (Å²) in [5, 5.41) is 16.6. The van der Waals surface area contributed by atoms with Crippen molar-refractivity contribution in [2.45, 2.75) is 6.04 Å². The Morgan fingerprint density at radius 2 is 2.00 bits per heavy atom. The van der Waals surface area contributed by atoms with Crippen LogP contribution in [-0.4, -0.2) is 26.6 Å². The highest BCUT2D eigenvalue weighted by atomic mass is 32.1. The third-order valence-electron chi connectivity index (χ3n) is 2.25. The summed E-state index contributed by atoms with van der Waals surface area (Å²) in [5.74, 6) is -1.68. The number of hydrogen-bond acceptors (Lipinski definition) is 5. The second-order valence-corrected chi connectivity index (χ2v) is 4.06. The van der Waals surface area contributed by atoms with Crippen molar-refractivity contribution in [1.82, 2.24) is 14.9 Å². The van der Waals surface area contributed by atoms with E-state index in [2.05, 4.69) is 14.9 Å². The number of nitrogens with zero attached hydrogens (tertiary/aromatic N) is 2. The molecule has 0 bridgehead atoms. The SMILES string of the molecule is O=C(N[C@@H](C(=O)O)c1ccccc1)c1csnn1. The van der Waals surface area contributed by atoms with Crippen LogP contribution in [0.4, 0.5) is 0 Å². The molecule has 0 aliphatic rings. The predicted octanol–water partition coefficient (Wildman–Crippen LogP) is 1.09. The standard InChI is InChI=1S/C11H9N3O3S/c15-10(8-6-18-14-13-8)12-9(11(16)17)7-4-2-1-3-5-7/h1-6,9H,(H,12,15)(H,16,17)/t9-/m1/s1. The number of hydrogen-bond donors (Lipinski definition) is 2. The second-order valence-electron chi connectivity index (χ2n) is 3.45. The van der Waals surface area contributed by atoms with E-state index in [9.17, 15) is 9.59 Å². The Hall–Kier alpha value is -2.28. The number of nitrogens with one attached hydrogen (secondary N) is 1. The quantitative estimate of drug-likeness (QED) is 0.861. The maximum absolute atomic E-state index is 11.7. The van der Waals surface area contributed by atoms with Gasteiger partial charge in [-0.25, -0.2) is 4.79 Å². The number of aliphatic carboxylic acids is 1. The van der Waals surface area contributed by atoms with Crippen LogP contribution < -0.4 is 5.32 Å². The summed E-state index contributed by atoms with van der Waals surface area (Å²) in [6.45, 7) is 0. The number of carboxylic acids is 1. The average Bonchev–Trinajstić information content (AvgIpc) is 2.90. The molecule has 0 aliphatic carbocycles. The Morgan fingerprint density at radius 1 is 1.28 bits per heavy atom. The molecular formula is C11H9N3O3S. The zero-order valence-corrected chi connectivity index (χ0v) is 9.92. The van der Waals surface area contributed by atoms with Crippen molar-refractivity contribution < 1.29 is 14.7 Å². The Bertz CT molecular complexity index is 542. The number of rotatable bonds is 4. The van der Waals surface area contributed by atoms with Gasteiger partial charge in [0.2, 0.25) is 0 Å². The van der Waals surface area contributed by atoms with Crippen LogP contribution in [0.3, 0.4) is 0 Å². The van der Waals surface area contributed by atoms with E-state index in [-0.39, 0.29) is 5.69 Å². The highest BCUT2D eigenvalue weighted by Gasteiger charge is 2.23. The molecule has 0 radical (unpaired) electrons. The molecule has 92 valence electrons. The third-order valence-corrected chi connectivity index (χ3v) is 2.75. The first-order chi connectivity index (χ1) is 8.68. The topological polar surface area (TPSA) is 92.2 Å². The van der Waals surface area contributed by atoms with Crippen LogP contribution in [0, 0.1) is 0 Å². The van der Waals surface area contributed by atoms with Gasteiger partial charge in [-0.1, -0.05) is 34.8 Å². The molecule has 0 spiro atoms. The lowest BCUT2D eigenvalue weighted by Gasteiger charge is -2.13. The summed E-state index contributed by atoms with van der Waals surface area (Å²) in [7, 11) is 0. The zero-order chi connectivity index (χ0) is 13.0. The third kappa shape index (κ3) is 2.69. The van der Waals surface area contributed by atoms with Gasteiger partial charge >= 0.3 is 5.97 Å². The first-order valence-electron chi connectivity index (χ1n) is 5.04. The molecule has 1 aromatic carbocycles. The molecule has 0 saturated carbocycles. The van der Waals surface area contributed by atoms with E-state index in [0.29, 0.717) is 5.56 Å². The number of carbonyl (C=O) groups is 2. The Labute approximate surface area is 106 Å². The zero-order valence-electron chi connectivity index (χ0n) is 9.11. The van der Waals surface area contributed by atoms with Gasteiger partial charge in [-0.2, -0.15) is 0 Å². The number of carbonyl (C=O) groups excluding carboxylic acids is 1. The van der Waals surface area contributed by atoms with Crippen molar-refractivity contribution >= 4 is 23.4 Å². The minimum absolute atomic E-state index is 0.113. The molecular weight excluding hydrogens is 254 g/mol. The van der Waals surface area contributed by atoms with E-state index in [0.717, 1.165) is 11.5 Å². The normalized spacial score (nSPS) is 11.8. The monoisotopic (exact) mass is 263 g/mol. The van der Waals surface area contributed by atoms with Crippen LogP contribution in [0.5, 0.6) is 0 Å². The van der Waals surface area contributed by atoms with E-state index in [1.807, 2.05) is 0 Å². The maximum atomic E-state index is 11.7. The van der Waals surface area contributed by atoms with Gasteiger partial charge in [-0.3, -0.25) is 4.79 Å². The van der Waals surface area contributed by atoms with Crippen LogP contribution >= 0.6 is 11.5 Å². The maximum Gasteiger partial charge on any atom is 0.330 e. The predicted molar refractivity (Wildman–Crippen MR) is 64.2 cm³/mol. The van der Waals surface area contributed by atoms with Crippen LogP contribution in [-0.2, 0) is 4.79 Å². The molecule has 0 aliphatic heterocycles. The Morgan fingerprint density at radius 3 is 2.56 bits per heavy atom. The molecule has 0 saturated heterocycles. The molecule has 2 rings (SSSR count). The van der Waals surface area contributed by atoms with E-state index >= 15 is 0 Å². The molecule has 0 fully saturated rings. The molecule has 1 aromatic heterocycles. The number of aromatic nitrogens is 2. The van der Waals surface area contributed by atoms with E-state index in [1.54, 1.807) is 30.3 Å². The lowest BCUT2D eigenvalue weighted by atomic mass is 10.1. The summed E-state index contributed by atoms with van der Waals surface area (Å²) < 4.78 is 3.55. The fourth-order valence-corrected chi connectivity index (χ4v) is 1.84. The molecule has 2 N–H and O–H groups in total. The van der Waals surface area contributed by atoms with Crippen molar-refractivity contribution in [3.8, 4) is 0 Å². The van der Waals surface area contributed by atoms with Crippen molar-refractivity contribution in [2.75, 3.05) is 0 Å². The molecule has 2 aromatic rings. The van der Waals surface area contributed by atoms with Gasteiger partial charge in [0.25, 0.3) is 5.91 Å². The van der Waals surface area contributed by atoms with Gasteiger partial charge in [0.05, 0.1) is 0 Å². The first kappa shape index (κ1) is 12.2. The molecule has 0 unspecified atom stereocenters. The van der Waals surface area contributed by atoms with Crippen molar-refractivity contribution in [2.24, 2.45) is 0 Å². The van der Waals surface area contributed by atoms with Gasteiger partial charge in [0.15, 0.2) is 11.7 Å². The van der Waals surface area contributed by atoms with Gasteiger partial charge in [-0.15, -0.1) is 5.10 Å². The van der Waals surface area contributed by atoms with Crippen LogP contribution in [0.15, 0.2) is 35.7 Å².